The van der Waals surface area contributed by atoms with Crippen LogP contribution in [-0.2, 0) is 0 Å². The summed E-state index contributed by atoms with van der Waals surface area (Å²) in [5, 5.41) is 3.24. The van der Waals surface area contributed by atoms with Crippen LogP contribution < -0.4 is 10.9 Å². The number of rotatable bonds is 3. The monoisotopic (exact) mass is 213 g/mol. The molecular weight excluding hydrogens is 202 g/mol. The molecule has 4 nitrogen and oxygen atoms in total. The van der Waals surface area contributed by atoms with Crippen molar-refractivity contribution in [3.63, 3.8) is 0 Å². The first kappa shape index (κ1) is 9.52. The summed E-state index contributed by atoms with van der Waals surface area (Å²) in [6.45, 7) is 0.857. The lowest BCUT2D eigenvalue weighted by Gasteiger charge is -2.25. The molecule has 2 rings (SSSR count). The summed E-state index contributed by atoms with van der Waals surface area (Å²) < 4.78 is 0. The predicted octanol–water partition coefficient (Wildman–Crippen LogP) is 1.64. The number of H-pyrrole nitrogens is 1. The molecule has 0 spiro atoms. The normalized spacial score (nSPS) is 16.4. The van der Waals surface area contributed by atoms with Crippen molar-refractivity contribution in [1.29, 1.82) is 0 Å². The molecule has 1 aromatic rings. The summed E-state index contributed by atoms with van der Waals surface area (Å²) in [5.74, 6) is 1.20. The van der Waals surface area contributed by atoms with Gasteiger partial charge in [0.25, 0.3) is 5.56 Å². The van der Waals surface area contributed by atoms with Gasteiger partial charge in [-0.2, -0.15) is 0 Å². The Morgan fingerprint density at radius 1 is 1.64 bits per heavy atom. The molecule has 1 heterocycles. The van der Waals surface area contributed by atoms with Crippen LogP contribution in [0.15, 0.2) is 11.1 Å². The lowest BCUT2D eigenvalue weighted by atomic mass is 9.85. The minimum absolute atomic E-state index is 0.145. The SMILES string of the molecule is O=c1[nH]cnc(NCC2CCC2)c1Cl. The van der Waals surface area contributed by atoms with Gasteiger partial charge in [0.15, 0.2) is 5.82 Å². The summed E-state index contributed by atoms with van der Waals surface area (Å²) in [5.41, 5.74) is -0.294. The zero-order valence-electron chi connectivity index (χ0n) is 7.72. The van der Waals surface area contributed by atoms with E-state index in [1.165, 1.54) is 25.6 Å². The molecule has 0 atom stereocenters. The Morgan fingerprint density at radius 3 is 3.07 bits per heavy atom. The highest BCUT2D eigenvalue weighted by Crippen LogP contribution is 2.26. The second-order valence-electron chi connectivity index (χ2n) is 3.57. The minimum atomic E-state index is -0.294. The van der Waals surface area contributed by atoms with Crippen molar-refractivity contribution in [3.8, 4) is 0 Å². The van der Waals surface area contributed by atoms with E-state index in [9.17, 15) is 4.79 Å². The number of halogens is 1. The molecule has 1 aliphatic carbocycles. The molecule has 76 valence electrons. The molecule has 0 unspecified atom stereocenters. The fourth-order valence-electron chi connectivity index (χ4n) is 1.44. The number of aromatic nitrogens is 2. The number of aromatic amines is 1. The molecule has 5 heteroatoms. The Morgan fingerprint density at radius 2 is 2.43 bits per heavy atom. The number of nitrogens with one attached hydrogen (secondary N) is 2. The maximum atomic E-state index is 11.1. The van der Waals surface area contributed by atoms with E-state index >= 15 is 0 Å². The summed E-state index contributed by atoms with van der Waals surface area (Å²) in [6.07, 6.45) is 5.18. The second kappa shape index (κ2) is 4.00. The third kappa shape index (κ3) is 1.90. The summed E-state index contributed by atoms with van der Waals surface area (Å²) in [4.78, 5) is 17.5. The Labute approximate surface area is 86.7 Å². The Bertz CT molecular complexity index is 373. The van der Waals surface area contributed by atoms with Gasteiger partial charge in [-0.15, -0.1) is 0 Å². The molecule has 0 amide bonds. The van der Waals surface area contributed by atoms with Crippen LogP contribution in [0.3, 0.4) is 0 Å². The van der Waals surface area contributed by atoms with Crippen molar-refractivity contribution in [2.45, 2.75) is 19.3 Å². The van der Waals surface area contributed by atoms with E-state index in [0.717, 1.165) is 6.54 Å². The summed E-state index contributed by atoms with van der Waals surface area (Å²) in [6, 6.07) is 0. The van der Waals surface area contributed by atoms with Crippen LogP contribution in [-0.4, -0.2) is 16.5 Å². The van der Waals surface area contributed by atoms with Gasteiger partial charge in [0, 0.05) is 6.54 Å². The van der Waals surface area contributed by atoms with Crippen molar-refractivity contribution in [2.75, 3.05) is 11.9 Å². The number of nitrogens with zero attached hydrogens (tertiary/aromatic N) is 1. The van der Waals surface area contributed by atoms with Crippen LogP contribution in [0.2, 0.25) is 5.02 Å². The zero-order valence-corrected chi connectivity index (χ0v) is 8.47. The van der Waals surface area contributed by atoms with Crippen molar-refractivity contribution >= 4 is 17.4 Å². The Balaban J connectivity index is 2.01. The maximum Gasteiger partial charge on any atom is 0.271 e. The van der Waals surface area contributed by atoms with Gasteiger partial charge < -0.3 is 10.3 Å². The Kier molecular flexibility index (Phi) is 2.72. The third-order valence-electron chi connectivity index (χ3n) is 2.58. The smallest absolute Gasteiger partial charge is 0.271 e. The molecule has 1 saturated carbocycles. The maximum absolute atomic E-state index is 11.1. The first-order chi connectivity index (χ1) is 6.77. The number of anilines is 1. The third-order valence-corrected chi connectivity index (χ3v) is 2.93. The van der Waals surface area contributed by atoms with Gasteiger partial charge in [0.1, 0.15) is 5.02 Å². The largest absolute Gasteiger partial charge is 0.368 e. The second-order valence-corrected chi connectivity index (χ2v) is 3.95. The predicted molar refractivity (Wildman–Crippen MR) is 55.7 cm³/mol. The van der Waals surface area contributed by atoms with Crippen LogP contribution in [0.1, 0.15) is 19.3 Å². The van der Waals surface area contributed by atoms with E-state index < -0.39 is 0 Å². The van der Waals surface area contributed by atoms with Crippen LogP contribution in [0, 0.1) is 5.92 Å². The molecule has 0 radical (unpaired) electrons. The van der Waals surface area contributed by atoms with Gasteiger partial charge in [-0.1, -0.05) is 18.0 Å². The molecule has 0 aromatic carbocycles. The fourth-order valence-corrected chi connectivity index (χ4v) is 1.61. The minimum Gasteiger partial charge on any atom is -0.368 e. The quantitative estimate of drug-likeness (QED) is 0.803. The van der Waals surface area contributed by atoms with E-state index in [2.05, 4.69) is 15.3 Å². The van der Waals surface area contributed by atoms with Crippen LogP contribution >= 0.6 is 11.6 Å². The highest BCUT2D eigenvalue weighted by Gasteiger charge is 2.17. The molecular formula is C9H12ClN3O. The van der Waals surface area contributed by atoms with Crippen LogP contribution in [0.5, 0.6) is 0 Å². The van der Waals surface area contributed by atoms with E-state index in [0.29, 0.717) is 11.7 Å². The van der Waals surface area contributed by atoms with Crippen molar-refractivity contribution in [2.24, 2.45) is 5.92 Å². The molecule has 14 heavy (non-hydrogen) atoms. The molecule has 2 N–H and O–H groups in total. The molecule has 0 aliphatic heterocycles. The van der Waals surface area contributed by atoms with Crippen LogP contribution in [0.25, 0.3) is 0 Å². The first-order valence-electron chi connectivity index (χ1n) is 4.74. The van der Waals surface area contributed by atoms with Crippen LogP contribution in [0.4, 0.5) is 5.82 Å². The molecule has 1 aromatic heterocycles. The molecule has 0 bridgehead atoms. The zero-order chi connectivity index (χ0) is 9.97. The number of hydrogen-bond acceptors (Lipinski definition) is 3. The first-order valence-corrected chi connectivity index (χ1v) is 5.12. The van der Waals surface area contributed by atoms with Gasteiger partial charge >= 0.3 is 0 Å². The molecule has 1 fully saturated rings. The highest BCUT2D eigenvalue weighted by molar-refractivity contribution is 6.32. The van der Waals surface area contributed by atoms with Gasteiger partial charge in [-0.3, -0.25) is 4.79 Å². The van der Waals surface area contributed by atoms with Gasteiger partial charge in [0.05, 0.1) is 6.33 Å². The topological polar surface area (TPSA) is 57.8 Å². The Hall–Kier alpha value is -1.03. The van der Waals surface area contributed by atoms with Crippen molar-refractivity contribution in [1.82, 2.24) is 9.97 Å². The van der Waals surface area contributed by atoms with Gasteiger partial charge in [0.2, 0.25) is 0 Å². The van der Waals surface area contributed by atoms with Gasteiger partial charge in [-0.05, 0) is 18.8 Å². The average molecular weight is 214 g/mol. The average Bonchev–Trinajstić information content (AvgIpc) is 2.09. The fraction of sp³-hybridized carbons (Fsp3) is 0.556. The van der Waals surface area contributed by atoms with E-state index in [4.69, 9.17) is 11.6 Å². The van der Waals surface area contributed by atoms with Crippen molar-refractivity contribution in [3.05, 3.63) is 21.7 Å². The summed E-state index contributed by atoms with van der Waals surface area (Å²) >= 11 is 5.77. The summed E-state index contributed by atoms with van der Waals surface area (Å²) in [7, 11) is 0. The lowest BCUT2D eigenvalue weighted by Crippen LogP contribution is -2.22. The molecule has 0 saturated heterocycles. The van der Waals surface area contributed by atoms with E-state index in [1.54, 1.807) is 0 Å². The van der Waals surface area contributed by atoms with E-state index in [1.807, 2.05) is 0 Å². The van der Waals surface area contributed by atoms with E-state index in [-0.39, 0.29) is 10.6 Å². The standard InChI is InChI=1S/C9H12ClN3O/c10-7-8(12-5-13-9(7)14)11-4-6-2-1-3-6/h5-6H,1-4H2,(H2,11,12,13,14). The lowest BCUT2D eigenvalue weighted by molar-refractivity contribution is 0.333. The number of hydrogen-bond donors (Lipinski definition) is 2. The molecule has 1 aliphatic rings. The van der Waals surface area contributed by atoms with Crippen molar-refractivity contribution < 1.29 is 0 Å². The van der Waals surface area contributed by atoms with Gasteiger partial charge in [-0.25, -0.2) is 4.98 Å². The highest BCUT2D eigenvalue weighted by atomic mass is 35.5.